The molecule has 2 nitrogen and oxygen atoms in total. The van der Waals surface area contributed by atoms with Crippen molar-refractivity contribution in [2.24, 2.45) is 7.05 Å². The molecule has 0 aliphatic heterocycles. The van der Waals surface area contributed by atoms with Gasteiger partial charge in [0.15, 0.2) is 0 Å². The second-order valence-corrected chi connectivity index (χ2v) is 5.57. The van der Waals surface area contributed by atoms with Gasteiger partial charge in [0.05, 0.1) is 11.3 Å². The highest BCUT2D eigenvalue weighted by atomic mass is 19.4. The highest BCUT2D eigenvalue weighted by Crippen LogP contribution is 2.31. The molecule has 120 valence electrons. The molecule has 23 heavy (non-hydrogen) atoms. The molecule has 0 fully saturated rings. The van der Waals surface area contributed by atoms with E-state index in [0.717, 1.165) is 34.3 Å². The summed E-state index contributed by atoms with van der Waals surface area (Å²) < 4.78 is 45.7. The first-order valence-corrected chi connectivity index (χ1v) is 7.19. The van der Waals surface area contributed by atoms with E-state index < -0.39 is 11.7 Å². The third kappa shape index (κ3) is 3.18. The summed E-state index contributed by atoms with van der Waals surface area (Å²) in [4.78, 5) is 0. The minimum absolute atomic E-state index is 0.210. The van der Waals surface area contributed by atoms with Crippen molar-refractivity contribution in [2.45, 2.75) is 19.7 Å². The van der Waals surface area contributed by atoms with E-state index in [0.29, 0.717) is 0 Å². The van der Waals surface area contributed by atoms with Crippen LogP contribution in [0.25, 0.3) is 10.9 Å². The number of aromatic nitrogens is 1. The van der Waals surface area contributed by atoms with E-state index in [1.54, 1.807) is 0 Å². The molecule has 3 rings (SSSR count). The summed E-state index contributed by atoms with van der Waals surface area (Å²) >= 11 is 0. The van der Waals surface area contributed by atoms with E-state index in [1.807, 2.05) is 36.7 Å². The Morgan fingerprint density at radius 2 is 1.83 bits per heavy atom. The van der Waals surface area contributed by atoms with Crippen LogP contribution < -0.4 is 4.74 Å². The van der Waals surface area contributed by atoms with Crippen LogP contribution >= 0.6 is 0 Å². The van der Waals surface area contributed by atoms with Gasteiger partial charge in [-0.15, -0.1) is 0 Å². The third-order valence-electron chi connectivity index (χ3n) is 3.85. The van der Waals surface area contributed by atoms with Gasteiger partial charge < -0.3 is 9.30 Å². The van der Waals surface area contributed by atoms with Gasteiger partial charge in [-0.1, -0.05) is 17.7 Å². The van der Waals surface area contributed by atoms with Gasteiger partial charge in [0, 0.05) is 18.0 Å². The SMILES string of the molecule is Cc1ccc2c(c1)cc(COc1cccc(C(F)(F)F)c1)n2C. The summed E-state index contributed by atoms with van der Waals surface area (Å²) in [7, 11) is 1.92. The number of ether oxygens (including phenoxy) is 1. The lowest BCUT2D eigenvalue weighted by Gasteiger charge is -2.10. The van der Waals surface area contributed by atoms with Crippen molar-refractivity contribution in [3.8, 4) is 5.75 Å². The summed E-state index contributed by atoms with van der Waals surface area (Å²) in [6.07, 6.45) is -4.36. The molecule has 0 radical (unpaired) electrons. The van der Waals surface area contributed by atoms with Crippen LogP contribution in [0.4, 0.5) is 13.2 Å². The molecule has 0 atom stereocenters. The summed E-state index contributed by atoms with van der Waals surface area (Å²) in [5.74, 6) is 0.210. The van der Waals surface area contributed by atoms with Crippen molar-refractivity contribution in [1.29, 1.82) is 0 Å². The molecule has 1 heterocycles. The average Bonchev–Trinajstić information content (AvgIpc) is 2.80. The van der Waals surface area contributed by atoms with Gasteiger partial charge in [0.25, 0.3) is 0 Å². The minimum Gasteiger partial charge on any atom is -0.487 e. The van der Waals surface area contributed by atoms with Crippen molar-refractivity contribution in [3.63, 3.8) is 0 Å². The average molecular weight is 319 g/mol. The summed E-state index contributed by atoms with van der Waals surface area (Å²) in [6, 6.07) is 13.1. The van der Waals surface area contributed by atoms with Crippen LogP contribution in [-0.4, -0.2) is 4.57 Å². The van der Waals surface area contributed by atoms with Gasteiger partial charge in [0.2, 0.25) is 0 Å². The predicted molar refractivity (Wildman–Crippen MR) is 83.4 cm³/mol. The number of aryl methyl sites for hydroxylation is 2. The summed E-state index contributed by atoms with van der Waals surface area (Å²) in [5, 5.41) is 1.09. The molecule has 0 amide bonds. The summed E-state index contributed by atoms with van der Waals surface area (Å²) in [6.45, 7) is 2.23. The number of fused-ring (bicyclic) bond motifs is 1. The highest BCUT2D eigenvalue weighted by molar-refractivity contribution is 5.82. The van der Waals surface area contributed by atoms with Gasteiger partial charge in [-0.25, -0.2) is 0 Å². The molecule has 0 saturated carbocycles. The first-order chi connectivity index (χ1) is 10.8. The molecule has 5 heteroatoms. The van der Waals surface area contributed by atoms with Crippen molar-refractivity contribution in [1.82, 2.24) is 4.57 Å². The number of alkyl halides is 3. The molecule has 0 saturated heterocycles. The smallest absolute Gasteiger partial charge is 0.416 e. The van der Waals surface area contributed by atoms with Gasteiger partial charge in [0.1, 0.15) is 12.4 Å². The largest absolute Gasteiger partial charge is 0.487 e. The summed E-state index contributed by atoms with van der Waals surface area (Å²) in [5.41, 5.74) is 2.43. The second-order valence-electron chi connectivity index (χ2n) is 5.57. The molecular formula is C18H16F3NO. The zero-order valence-corrected chi connectivity index (χ0v) is 12.8. The lowest BCUT2D eigenvalue weighted by Crippen LogP contribution is -2.06. The maximum Gasteiger partial charge on any atom is 0.416 e. The Labute approximate surface area is 132 Å². The highest BCUT2D eigenvalue weighted by Gasteiger charge is 2.30. The van der Waals surface area contributed by atoms with E-state index in [9.17, 15) is 13.2 Å². The number of hydrogen-bond donors (Lipinski definition) is 0. The number of hydrogen-bond acceptors (Lipinski definition) is 1. The third-order valence-corrected chi connectivity index (χ3v) is 3.85. The van der Waals surface area contributed by atoms with Crippen LogP contribution in [0.5, 0.6) is 5.75 Å². The molecule has 0 spiro atoms. The first-order valence-electron chi connectivity index (χ1n) is 7.19. The van der Waals surface area contributed by atoms with Crippen molar-refractivity contribution in [3.05, 3.63) is 65.4 Å². The zero-order chi connectivity index (χ0) is 16.6. The quantitative estimate of drug-likeness (QED) is 0.656. The Hall–Kier alpha value is -2.43. The Morgan fingerprint density at radius 3 is 2.57 bits per heavy atom. The molecule has 1 aromatic heterocycles. The molecular weight excluding hydrogens is 303 g/mol. The Bertz CT molecular complexity index is 849. The monoisotopic (exact) mass is 319 g/mol. The molecule has 3 aromatic rings. The van der Waals surface area contributed by atoms with E-state index in [-0.39, 0.29) is 12.4 Å². The van der Waals surface area contributed by atoms with Crippen LogP contribution in [0.2, 0.25) is 0 Å². The predicted octanol–water partition coefficient (Wildman–Crippen LogP) is 5.08. The fraction of sp³-hybridized carbons (Fsp3) is 0.222. The van der Waals surface area contributed by atoms with E-state index >= 15 is 0 Å². The molecule has 0 unspecified atom stereocenters. The van der Waals surface area contributed by atoms with Gasteiger partial charge >= 0.3 is 6.18 Å². The van der Waals surface area contributed by atoms with Gasteiger partial charge in [-0.05, 0) is 43.3 Å². The van der Waals surface area contributed by atoms with Gasteiger partial charge in [-0.3, -0.25) is 0 Å². The zero-order valence-electron chi connectivity index (χ0n) is 12.8. The van der Waals surface area contributed by atoms with Crippen molar-refractivity contribution < 1.29 is 17.9 Å². The standard InChI is InChI=1S/C18H16F3NO/c1-12-6-7-17-13(8-12)9-15(22(17)2)11-23-16-5-3-4-14(10-16)18(19,20)21/h3-10H,11H2,1-2H3. The first kappa shape index (κ1) is 15.5. The lowest BCUT2D eigenvalue weighted by molar-refractivity contribution is -0.137. The number of nitrogens with zero attached hydrogens (tertiary/aromatic N) is 1. The van der Waals surface area contributed by atoms with E-state index in [2.05, 4.69) is 6.07 Å². The molecule has 0 aliphatic carbocycles. The Balaban J connectivity index is 1.82. The van der Waals surface area contributed by atoms with E-state index in [4.69, 9.17) is 4.74 Å². The molecule has 0 N–H and O–H groups in total. The van der Waals surface area contributed by atoms with Crippen LogP contribution in [0.3, 0.4) is 0 Å². The van der Waals surface area contributed by atoms with E-state index in [1.165, 1.54) is 12.1 Å². The van der Waals surface area contributed by atoms with Crippen LogP contribution in [-0.2, 0) is 19.8 Å². The lowest BCUT2D eigenvalue weighted by atomic mass is 10.2. The van der Waals surface area contributed by atoms with Crippen LogP contribution in [0, 0.1) is 6.92 Å². The van der Waals surface area contributed by atoms with Crippen LogP contribution in [0.15, 0.2) is 48.5 Å². The van der Waals surface area contributed by atoms with Crippen molar-refractivity contribution in [2.75, 3.05) is 0 Å². The maximum atomic E-state index is 12.7. The second kappa shape index (κ2) is 5.65. The fourth-order valence-corrected chi connectivity index (χ4v) is 2.58. The Morgan fingerprint density at radius 1 is 1.04 bits per heavy atom. The minimum atomic E-state index is -4.36. The number of benzene rings is 2. The number of halogens is 3. The molecule has 2 aromatic carbocycles. The van der Waals surface area contributed by atoms with Gasteiger partial charge in [-0.2, -0.15) is 13.2 Å². The Kier molecular flexibility index (Phi) is 3.80. The van der Waals surface area contributed by atoms with Crippen LogP contribution in [0.1, 0.15) is 16.8 Å². The molecule has 0 aliphatic rings. The van der Waals surface area contributed by atoms with Crippen molar-refractivity contribution >= 4 is 10.9 Å². The fourth-order valence-electron chi connectivity index (χ4n) is 2.58. The molecule has 0 bridgehead atoms. The maximum absolute atomic E-state index is 12.7. The normalized spacial score (nSPS) is 11.9. The number of rotatable bonds is 3. The topological polar surface area (TPSA) is 14.2 Å².